The Morgan fingerprint density at radius 1 is 0.514 bits per heavy atom. The molecule has 12 rings (SSSR count). The van der Waals surface area contributed by atoms with Gasteiger partial charge in [0, 0.05) is 80.0 Å². The van der Waals surface area contributed by atoms with Crippen LogP contribution >= 0.6 is 23.5 Å². The Balaban J connectivity index is 0.960. The molecule has 0 radical (unpaired) electrons. The number of aromatic nitrogens is 1. The molecule has 0 spiro atoms. The van der Waals surface area contributed by atoms with Crippen molar-refractivity contribution in [1.82, 2.24) is 9.88 Å². The van der Waals surface area contributed by atoms with Crippen LogP contribution in [0.5, 0.6) is 0 Å². The van der Waals surface area contributed by atoms with E-state index in [4.69, 9.17) is 4.99 Å². The smallest absolute Gasteiger partial charge is 0.170 e. The number of nitrogens with zero attached hydrogens (tertiary/aromatic N) is 6. The third-order valence-corrected chi connectivity index (χ3v) is 15.5. The van der Waals surface area contributed by atoms with Crippen molar-refractivity contribution in [3.8, 4) is 5.69 Å². The van der Waals surface area contributed by atoms with Gasteiger partial charge in [0.1, 0.15) is 5.37 Å². The van der Waals surface area contributed by atoms with Crippen molar-refractivity contribution in [2.75, 3.05) is 26.1 Å². The zero-order chi connectivity index (χ0) is 46.8. The second-order valence-corrected chi connectivity index (χ2v) is 19.9. The van der Waals surface area contributed by atoms with E-state index in [1.807, 2.05) is 23.5 Å². The summed E-state index contributed by atoms with van der Waals surface area (Å²) in [4.78, 5) is 15.0. The summed E-state index contributed by atoms with van der Waals surface area (Å²) in [6.07, 6.45) is 5.53. The number of fused-ring (bicyclic) bond motifs is 3. The zero-order valence-electron chi connectivity index (χ0n) is 38.7. The number of para-hydroxylation sites is 7. The second kappa shape index (κ2) is 19.3. The van der Waals surface area contributed by atoms with Crippen LogP contribution in [0.25, 0.3) is 22.7 Å². The van der Waals surface area contributed by atoms with Crippen LogP contribution in [0.3, 0.4) is 0 Å². The summed E-state index contributed by atoms with van der Waals surface area (Å²) in [5, 5.41) is 7.19. The Morgan fingerprint density at radius 2 is 1.00 bits per heavy atom. The van der Waals surface area contributed by atoms with Crippen molar-refractivity contribution in [3.63, 3.8) is 0 Å². The van der Waals surface area contributed by atoms with Gasteiger partial charge in [-0.05, 0) is 116 Å². The summed E-state index contributed by atoms with van der Waals surface area (Å²) in [6, 6.07) is 82.2. The molecule has 9 heteroatoms. The highest BCUT2D eigenvalue weighted by Crippen LogP contribution is 2.48. The molecule has 2 aliphatic heterocycles. The zero-order valence-corrected chi connectivity index (χ0v) is 40.4. The molecule has 3 atom stereocenters. The van der Waals surface area contributed by atoms with Gasteiger partial charge < -0.3 is 24.6 Å². The highest BCUT2D eigenvalue weighted by atomic mass is 32.2. The van der Waals surface area contributed by atoms with E-state index in [9.17, 15) is 0 Å². The first kappa shape index (κ1) is 43.4. The lowest BCUT2D eigenvalue weighted by atomic mass is 9.90. The molecule has 0 saturated heterocycles. The van der Waals surface area contributed by atoms with E-state index in [-0.39, 0.29) is 16.8 Å². The summed E-state index contributed by atoms with van der Waals surface area (Å²) in [5.74, 6) is 0.203. The van der Waals surface area contributed by atoms with Gasteiger partial charge in [-0.2, -0.15) is 0 Å². The Hall–Kier alpha value is -7.85. The number of rotatable bonds is 12. The number of hydrogen-bond acceptors (Lipinski definition) is 8. The quantitative estimate of drug-likeness (QED) is 0.131. The van der Waals surface area contributed by atoms with Crippen molar-refractivity contribution >= 4 is 85.5 Å². The van der Waals surface area contributed by atoms with E-state index < -0.39 is 0 Å². The van der Waals surface area contributed by atoms with Crippen molar-refractivity contribution < 1.29 is 0 Å². The van der Waals surface area contributed by atoms with E-state index in [0.717, 1.165) is 56.4 Å². The lowest BCUT2D eigenvalue weighted by Gasteiger charge is -2.36. The number of aliphatic imine (C=N–C) groups is 1. The van der Waals surface area contributed by atoms with Gasteiger partial charge in [0.2, 0.25) is 0 Å². The number of benzene rings is 8. The minimum Gasteiger partial charge on any atom is -0.360 e. The monoisotopic (exact) mass is 945 g/mol. The van der Waals surface area contributed by atoms with Gasteiger partial charge in [0.25, 0.3) is 0 Å². The van der Waals surface area contributed by atoms with Crippen LogP contribution in [-0.4, -0.2) is 27.2 Å². The molecule has 0 bridgehead atoms. The Labute approximate surface area is 418 Å². The van der Waals surface area contributed by atoms with Crippen molar-refractivity contribution in [2.24, 2.45) is 4.99 Å². The Morgan fingerprint density at radius 3 is 1.54 bits per heavy atom. The van der Waals surface area contributed by atoms with Crippen LogP contribution in [0.1, 0.15) is 30.5 Å². The average molecular weight is 946 g/mol. The summed E-state index contributed by atoms with van der Waals surface area (Å²) in [5.41, 5.74) is 13.9. The van der Waals surface area contributed by atoms with Gasteiger partial charge in [0.05, 0.1) is 17.1 Å². The largest absolute Gasteiger partial charge is 0.360 e. The molecule has 7 nitrogen and oxygen atoms in total. The fourth-order valence-electron chi connectivity index (χ4n) is 10.1. The van der Waals surface area contributed by atoms with Gasteiger partial charge in [0.15, 0.2) is 10.7 Å². The summed E-state index contributed by atoms with van der Waals surface area (Å²) in [7, 11) is 0. The molecule has 3 heterocycles. The van der Waals surface area contributed by atoms with Crippen molar-refractivity contribution in [3.05, 3.63) is 259 Å². The van der Waals surface area contributed by atoms with E-state index in [2.05, 4.69) is 279 Å². The number of amidine groups is 1. The minimum atomic E-state index is -0.0983. The molecular weight excluding hydrogens is 895 g/mol. The minimum absolute atomic E-state index is 0.00825. The second-order valence-electron chi connectivity index (χ2n) is 17.7. The van der Waals surface area contributed by atoms with Crippen LogP contribution < -0.4 is 24.9 Å². The third-order valence-electron chi connectivity index (χ3n) is 13.2. The maximum atomic E-state index is 5.30. The van der Waals surface area contributed by atoms with Gasteiger partial charge in [-0.25, -0.2) is 0 Å². The molecular formula is C61H51N7S2. The lowest BCUT2D eigenvalue weighted by Crippen LogP contribution is -2.39. The molecule has 1 aromatic heterocycles. The van der Waals surface area contributed by atoms with Gasteiger partial charge in [-0.15, -0.1) is 0 Å². The van der Waals surface area contributed by atoms with Crippen LogP contribution in [0, 0.1) is 0 Å². The number of allylic oxidation sites excluding steroid dienone is 1. The van der Waals surface area contributed by atoms with Crippen molar-refractivity contribution in [2.45, 2.75) is 30.1 Å². The highest BCUT2D eigenvalue weighted by Gasteiger charge is 2.36. The van der Waals surface area contributed by atoms with Gasteiger partial charge in [-0.3, -0.25) is 9.89 Å². The topological polar surface area (TPSA) is 42.3 Å². The highest BCUT2D eigenvalue weighted by molar-refractivity contribution is 8.15. The standard InChI is InChI=1S/C61H51N7S2/c1-44-39-53(67(50-33-19-7-20-34-50)61-63-42-57(69-61)64(45-23-9-2-10-24-45)46-25-11-3-12-26-46)41-55-54-40-52(37-38-56(54)68(59(44)55)51-35-21-8-22-36-51)65(47-27-13-4-14-28-47)58-43-62-60(70-58)66(48-29-15-5-16-30-48)49-31-17-6-18-32-49/h2-38,40-42,44,58,61,63H,39,43H2,1H3. The summed E-state index contributed by atoms with van der Waals surface area (Å²) < 4.78 is 2.51. The van der Waals surface area contributed by atoms with E-state index in [0.29, 0.717) is 6.54 Å². The number of hydrogen-bond donors (Lipinski definition) is 1. The third kappa shape index (κ3) is 8.31. The molecule has 0 amide bonds. The first-order valence-corrected chi connectivity index (χ1v) is 25.7. The van der Waals surface area contributed by atoms with E-state index >= 15 is 0 Å². The number of thioether (sulfide) groups is 2. The molecule has 1 N–H and O–H groups in total. The molecule has 0 saturated carbocycles. The SMILES string of the molecule is CC1CC(N(c2ccccc2)C2NC=C(N(c3ccccc3)c3ccccc3)S2)=Cc2c1n(-c1ccccc1)c1ccc(N(c3ccccc3)C3CN=C(N(c4ccccc4)c4ccccc4)S3)cc21. The van der Waals surface area contributed by atoms with E-state index in [1.54, 1.807) is 0 Å². The normalized spacial score (nSPS) is 17.2. The van der Waals surface area contributed by atoms with E-state index in [1.165, 1.54) is 33.5 Å². The summed E-state index contributed by atoms with van der Waals surface area (Å²) >= 11 is 3.66. The van der Waals surface area contributed by atoms with Crippen LogP contribution in [0.2, 0.25) is 0 Å². The maximum Gasteiger partial charge on any atom is 0.170 e. The number of nitrogens with one attached hydrogen (secondary N) is 1. The molecule has 9 aromatic rings. The molecule has 70 heavy (non-hydrogen) atoms. The van der Waals surface area contributed by atoms with Crippen molar-refractivity contribution in [1.29, 1.82) is 0 Å². The Bertz CT molecular complexity index is 3250. The lowest BCUT2D eigenvalue weighted by molar-refractivity contribution is 0.656. The molecule has 1 aliphatic carbocycles. The predicted octanol–water partition coefficient (Wildman–Crippen LogP) is 15.6. The van der Waals surface area contributed by atoms with Gasteiger partial charge in [-0.1, -0.05) is 158 Å². The van der Waals surface area contributed by atoms with Crippen LogP contribution in [0.15, 0.2) is 252 Å². The molecule has 3 unspecified atom stereocenters. The van der Waals surface area contributed by atoms with Crippen LogP contribution in [0.4, 0.5) is 39.8 Å². The molecule has 8 aromatic carbocycles. The first-order valence-electron chi connectivity index (χ1n) is 23.9. The molecule has 0 fully saturated rings. The summed E-state index contributed by atoms with van der Waals surface area (Å²) in [6.45, 7) is 3.03. The number of anilines is 7. The Kier molecular flexibility index (Phi) is 12.0. The predicted molar refractivity (Wildman–Crippen MR) is 298 cm³/mol. The fraction of sp³-hybridized carbons (Fsp3) is 0.0984. The maximum absolute atomic E-state index is 5.30. The molecule has 342 valence electrons. The fourth-order valence-corrected chi connectivity index (χ4v) is 12.5. The average Bonchev–Trinajstić information content (AvgIpc) is 4.18. The van der Waals surface area contributed by atoms with Gasteiger partial charge >= 0.3 is 0 Å². The molecule has 3 aliphatic rings. The van der Waals surface area contributed by atoms with Crippen LogP contribution in [-0.2, 0) is 0 Å². The first-order chi connectivity index (χ1) is 34.7.